The van der Waals surface area contributed by atoms with E-state index in [0.717, 1.165) is 11.5 Å². The second-order valence-corrected chi connectivity index (χ2v) is 4.35. The fourth-order valence-corrected chi connectivity index (χ4v) is 3.41. The first kappa shape index (κ1) is 5.62. The summed E-state index contributed by atoms with van der Waals surface area (Å²) in [6, 6.07) is 0. The van der Waals surface area contributed by atoms with Gasteiger partial charge in [0.25, 0.3) is 0 Å². The summed E-state index contributed by atoms with van der Waals surface area (Å²) in [5.41, 5.74) is 2.61. The normalized spacial score (nSPS) is 18.2. The predicted molar refractivity (Wildman–Crippen MR) is 39.9 cm³/mol. The van der Waals surface area contributed by atoms with Crippen LogP contribution in [0.1, 0.15) is 11.1 Å². The second kappa shape index (κ2) is 1.92. The van der Waals surface area contributed by atoms with Crippen molar-refractivity contribution >= 4 is 22.1 Å². The van der Waals surface area contributed by atoms with E-state index in [2.05, 4.69) is 10.8 Å². The first-order chi connectivity index (χ1) is 4.36. The molecule has 0 fully saturated rings. The monoisotopic (exact) mass is 158 g/mol. The zero-order chi connectivity index (χ0) is 6.27. The molecule has 2 rings (SSSR count). The van der Waals surface area contributed by atoms with Gasteiger partial charge in [0, 0.05) is 22.3 Å². The lowest BCUT2D eigenvalue weighted by atomic mass is 10.2. The molecule has 0 N–H and O–H groups in total. The van der Waals surface area contributed by atoms with Gasteiger partial charge in [-0.25, -0.2) is 0 Å². The number of rotatable bonds is 0. The maximum absolute atomic E-state index is 10.9. The van der Waals surface area contributed by atoms with Gasteiger partial charge in [-0.2, -0.15) is 11.3 Å². The zero-order valence-electron chi connectivity index (χ0n) is 4.79. The van der Waals surface area contributed by atoms with Crippen molar-refractivity contribution in [1.82, 2.24) is 0 Å². The Balaban J connectivity index is 2.49. The van der Waals surface area contributed by atoms with Crippen LogP contribution in [0.3, 0.4) is 0 Å². The van der Waals surface area contributed by atoms with Gasteiger partial charge < -0.3 is 0 Å². The molecule has 0 saturated heterocycles. The lowest BCUT2D eigenvalue weighted by Crippen LogP contribution is -1.83. The summed E-state index contributed by atoms with van der Waals surface area (Å²) >= 11 is 1.71. The molecule has 9 heavy (non-hydrogen) atoms. The molecule has 48 valence electrons. The molecule has 0 aliphatic carbocycles. The van der Waals surface area contributed by atoms with Crippen LogP contribution in [0, 0.1) is 0 Å². The van der Waals surface area contributed by atoms with Gasteiger partial charge in [-0.15, -0.1) is 0 Å². The van der Waals surface area contributed by atoms with Crippen LogP contribution >= 0.6 is 11.3 Å². The summed E-state index contributed by atoms with van der Waals surface area (Å²) in [5.74, 6) is 1.58. The Labute approximate surface area is 60.2 Å². The van der Waals surface area contributed by atoms with Crippen molar-refractivity contribution in [1.29, 1.82) is 0 Å². The van der Waals surface area contributed by atoms with E-state index in [4.69, 9.17) is 0 Å². The molecule has 1 aliphatic heterocycles. The van der Waals surface area contributed by atoms with Gasteiger partial charge in [-0.1, -0.05) is 0 Å². The third-order valence-corrected chi connectivity index (χ3v) is 3.57. The van der Waals surface area contributed by atoms with Crippen LogP contribution in [-0.4, -0.2) is 4.21 Å². The Kier molecular flexibility index (Phi) is 1.20. The van der Waals surface area contributed by atoms with Gasteiger partial charge in [0.05, 0.1) is 0 Å². The first-order valence-corrected chi connectivity index (χ1v) is 5.18. The summed E-state index contributed by atoms with van der Waals surface area (Å²) in [4.78, 5) is 0. The van der Waals surface area contributed by atoms with E-state index < -0.39 is 10.8 Å². The van der Waals surface area contributed by atoms with Crippen LogP contribution in [0.4, 0.5) is 0 Å². The van der Waals surface area contributed by atoms with Crippen LogP contribution in [0.15, 0.2) is 10.8 Å². The van der Waals surface area contributed by atoms with Gasteiger partial charge >= 0.3 is 0 Å². The average molecular weight is 158 g/mol. The van der Waals surface area contributed by atoms with Crippen molar-refractivity contribution < 1.29 is 4.21 Å². The number of fused-ring (bicyclic) bond motifs is 1. The highest BCUT2D eigenvalue weighted by Crippen LogP contribution is 2.25. The standard InChI is InChI=1S/C6H6OS2/c7-9-3-5-1-8-2-6(5)4-9/h1-2H,3-4H2. The molecule has 0 bridgehead atoms. The minimum Gasteiger partial charge on any atom is -0.259 e. The van der Waals surface area contributed by atoms with E-state index in [0.29, 0.717) is 0 Å². The highest BCUT2D eigenvalue weighted by Gasteiger charge is 2.16. The van der Waals surface area contributed by atoms with Crippen molar-refractivity contribution in [2.45, 2.75) is 11.5 Å². The zero-order valence-corrected chi connectivity index (χ0v) is 6.43. The van der Waals surface area contributed by atoms with Crippen molar-refractivity contribution in [3.05, 3.63) is 21.9 Å². The molecule has 1 aromatic rings. The molecular formula is C6H6OS2. The number of hydrogen-bond donors (Lipinski definition) is 0. The molecule has 2 heterocycles. The minimum atomic E-state index is -0.582. The molecule has 1 nitrogen and oxygen atoms in total. The molecule has 0 saturated carbocycles. The van der Waals surface area contributed by atoms with Crippen molar-refractivity contribution in [2.24, 2.45) is 0 Å². The molecule has 0 atom stereocenters. The van der Waals surface area contributed by atoms with Gasteiger partial charge in [-0.3, -0.25) is 4.21 Å². The molecule has 0 aromatic carbocycles. The van der Waals surface area contributed by atoms with E-state index in [1.54, 1.807) is 11.3 Å². The Morgan fingerprint density at radius 3 is 2.44 bits per heavy atom. The highest BCUT2D eigenvalue weighted by molar-refractivity contribution is 7.83. The average Bonchev–Trinajstić information content (AvgIpc) is 2.22. The summed E-state index contributed by atoms with van der Waals surface area (Å²) in [7, 11) is -0.582. The fourth-order valence-electron chi connectivity index (χ4n) is 1.00. The molecule has 0 unspecified atom stereocenters. The van der Waals surface area contributed by atoms with E-state index in [1.165, 1.54) is 11.1 Å². The third-order valence-electron chi connectivity index (χ3n) is 1.47. The highest BCUT2D eigenvalue weighted by atomic mass is 32.2. The van der Waals surface area contributed by atoms with Gasteiger partial charge in [-0.05, 0) is 21.9 Å². The van der Waals surface area contributed by atoms with E-state index >= 15 is 0 Å². The first-order valence-electron chi connectivity index (χ1n) is 2.75. The minimum absolute atomic E-state index is 0.582. The summed E-state index contributed by atoms with van der Waals surface area (Å²) in [6.07, 6.45) is 0. The van der Waals surface area contributed by atoms with Crippen LogP contribution in [-0.2, 0) is 22.3 Å². The summed E-state index contributed by atoms with van der Waals surface area (Å²) < 4.78 is 10.9. The number of hydrogen-bond acceptors (Lipinski definition) is 2. The van der Waals surface area contributed by atoms with Crippen molar-refractivity contribution in [3.8, 4) is 0 Å². The topological polar surface area (TPSA) is 17.1 Å². The second-order valence-electron chi connectivity index (χ2n) is 2.15. The quantitative estimate of drug-likeness (QED) is 0.559. The molecular weight excluding hydrogens is 152 g/mol. The summed E-state index contributed by atoms with van der Waals surface area (Å²) in [5, 5.41) is 4.19. The van der Waals surface area contributed by atoms with Crippen LogP contribution in [0.2, 0.25) is 0 Å². The fraction of sp³-hybridized carbons (Fsp3) is 0.333. The Bertz CT molecular complexity index is 229. The van der Waals surface area contributed by atoms with Gasteiger partial charge in [0.2, 0.25) is 0 Å². The smallest absolute Gasteiger partial charge is 0.0500 e. The SMILES string of the molecule is O=S1Cc2cscc2C1. The van der Waals surface area contributed by atoms with Crippen molar-refractivity contribution in [3.63, 3.8) is 0 Å². The Morgan fingerprint density at radius 2 is 1.89 bits per heavy atom. The van der Waals surface area contributed by atoms with Crippen LogP contribution < -0.4 is 0 Å². The lowest BCUT2D eigenvalue weighted by molar-refractivity contribution is 0.684. The molecule has 3 heteroatoms. The van der Waals surface area contributed by atoms with E-state index in [1.807, 2.05) is 0 Å². The summed E-state index contributed by atoms with van der Waals surface area (Å²) in [6.45, 7) is 0. The predicted octanol–water partition coefficient (Wildman–Crippen LogP) is 1.51. The van der Waals surface area contributed by atoms with E-state index in [-0.39, 0.29) is 0 Å². The maximum atomic E-state index is 10.9. The molecule has 0 amide bonds. The molecule has 0 radical (unpaired) electrons. The Morgan fingerprint density at radius 1 is 1.33 bits per heavy atom. The van der Waals surface area contributed by atoms with Crippen molar-refractivity contribution in [2.75, 3.05) is 0 Å². The largest absolute Gasteiger partial charge is 0.259 e. The molecule has 1 aliphatic rings. The van der Waals surface area contributed by atoms with Gasteiger partial charge in [0.15, 0.2) is 0 Å². The van der Waals surface area contributed by atoms with Gasteiger partial charge in [0.1, 0.15) is 0 Å². The van der Waals surface area contributed by atoms with Crippen LogP contribution in [0.25, 0.3) is 0 Å². The molecule has 1 aromatic heterocycles. The molecule has 0 spiro atoms. The lowest BCUT2D eigenvalue weighted by Gasteiger charge is -1.80. The number of thiophene rings is 1. The Hall–Kier alpha value is -0.150. The van der Waals surface area contributed by atoms with Crippen LogP contribution in [0.5, 0.6) is 0 Å². The maximum Gasteiger partial charge on any atom is 0.0500 e. The third kappa shape index (κ3) is 0.843. The van der Waals surface area contributed by atoms with E-state index in [9.17, 15) is 4.21 Å².